The molecule has 2 heterocycles. The van der Waals surface area contributed by atoms with Gasteiger partial charge >= 0.3 is 0 Å². The van der Waals surface area contributed by atoms with Crippen LogP contribution in [0.2, 0.25) is 0 Å². The molecule has 0 aromatic rings. The highest BCUT2D eigenvalue weighted by molar-refractivity contribution is 8.00. The van der Waals surface area contributed by atoms with Gasteiger partial charge in [-0.2, -0.15) is 11.8 Å². The maximum atomic E-state index is 6.10. The van der Waals surface area contributed by atoms with Gasteiger partial charge in [0, 0.05) is 23.9 Å². The van der Waals surface area contributed by atoms with Gasteiger partial charge in [0.05, 0.1) is 0 Å². The summed E-state index contributed by atoms with van der Waals surface area (Å²) in [4.78, 5) is 2.69. The van der Waals surface area contributed by atoms with Gasteiger partial charge in [0.15, 0.2) is 0 Å². The van der Waals surface area contributed by atoms with Crippen molar-refractivity contribution in [3.8, 4) is 0 Å². The topological polar surface area (TPSA) is 29.3 Å². The quantitative estimate of drug-likeness (QED) is 0.783. The number of rotatable bonds is 2. The van der Waals surface area contributed by atoms with E-state index in [1.54, 1.807) is 0 Å². The lowest BCUT2D eigenvalue weighted by atomic mass is 9.87. The van der Waals surface area contributed by atoms with Crippen LogP contribution in [0.3, 0.4) is 0 Å². The summed E-state index contributed by atoms with van der Waals surface area (Å²) in [6.45, 7) is 8.11. The van der Waals surface area contributed by atoms with Crippen LogP contribution in [0.5, 0.6) is 0 Å². The Morgan fingerprint density at radius 1 is 1.47 bits per heavy atom. The molecule has 3 atom stereocenters. The van der Waals surface area contributed by atoms with Crippen molar-refractivity contribution in [2.45, 2.75) is 43.9 Å². The lowest BCUT2D eigenvalue weighted by molar-refractivity contribution is 0.106. The molecule has 0 saturated carbocycles. The first-order valence-corrected chi connectivity index (χ1v) is 7.30. The molecule has 2 rings (SSSR count). The second-order valence-corrected chi connectivity index (χ2v) is 6.71. The van der Waals surface area contributed by atoms with Crippen LogP contribution in [-0.2, 0) is 0 Å². The van der Waals surface area contributed by atoms with Crippen molar-refractivity contribution in [1.82, 2.24) is 4.90 Å². The molecule has 2 fully saturated rings. The van der Waals surface area contributed by atoms with E-state index in [0.717, 1.165) is 12.5 Å². The van der Waals surface area contributed by atoms with Crippen LogP contribution < -0.4 is 5.73 Å². The SMILES string of the molecule is CC1CCN(C2(CN)CCCSC2C)C1. The Hall–Kier alpha value is 0.270. The first-order valence-electron chi connectivity index (χ1n) is 6.26. The van der Waals surface area contributed by atoms with E-state index < -0.39 is 0 Å². The van der Waals surface area contributed by atoms with Gasteiger partial charge in [-0.1, -0.05) is 13.8 Å². The molecule has 2 N–H and O–H groups in total. The minimum absolute atomic E-state index is 0.313. The van der Waals surface area contributed by atoms with Gasteiger partial charge in [0.25, 0.3) is 0 Å². The number of hydrogen-bond acceptors (Lipinski definition) is 3. The molecular formula is C12H24N2S. The van der Waals surface area contributed by atoms with Gasteiger partial charge in [-0.15, -0.1) is 0 Å². The molecule has 2 aliphatic rings. The molecule has 0 aromatic carbocycles. The fourth-order valence-electron chi connectivity index (χ4n) is 3.15. The molecule has 2 nitrogen and oxygen atoms in total. The van der Waals surface area contributed by atoms with E-state index in [4.69, 9.17) is 5.73 Å². The predicted molar refractivity (Wildman–Crippen MR) is 68.3 cm³/mol. The lowest BCUT2D eigenvalue weighted by Gasteiger charge is -2.48. The van der Waals surface area contributed by atoms with E-state index in [1.807, 2.05) is 0 Å². The van der Waals surface area contributed by atoms with Crippen LogP contribution in [0.15, 0.2) is 0 Å². The van der Waals surface area contributed by atoms with Gasteiger partial charge in [-0.25, -0.2) is 0 Å². The maximum Gasteiger partial charge on any atom is 0.0447 e. The second-order valence-electron chi connectivity index (χ2n) is 5.26. The standard InChI is InChI=1S/C12H24N2S/c1-10-4-6-14(8-10)12(9-13)5-3-7-15-11(12)2/h10-11H,3-9,13H2,1-2H3. The molecule has 0 bridgehead atoms. The largest absolute Gasteiger partial charge is 0.329 e. The number of nitrogens with zero attached hydrogens (tertiary/aromatic N) is 1. The van der Waals surface area contributed by atoms with E-state index in [-0.39, 0.29) is 0 Å². The molecule has 3 heteroatoms. The Morgan fingerprint density at radius 3 is 2.80 bits per heavy atom. The molecule has 2 saturated heterocycles. The van der Waals surface area contributed by atoms with E-state index in [0.29, 0.717) is 10.8 Å². The van der Waals surface area contributed by atoms with E-state index in [1.165, 1.54) is 38.1 Å². The smallest absolute Gasteiger partial charge is 0.0447 e. The summed E-state index contributed by atoms with van der Waals surface area (Å²) in [5.74, 6) is 2.19. The average molecular weight is 228 g/mol. The molecule has 0 spiro atoms. The van der Waals surface area contributed by atoms with Gasteiger partial charge in [0.2, 0.25) is 0 Å². The molecule has 15 heavy (non-hydrogen) atoms. The minimum Gasteiger partial charge on any atom is -0.329 e. The van der Waals surface area contributed by atoms with E-state index in [9.17, 15) is 0 Å². The number of likely N-dealkylation sites (tertiary alicyclic amines) is 1. The molecule has 0 aliphatic carbocycles. The first kappa shape index (κ1) is 11.7. The van der Waals surface area contributed by atoms with E-state index in [2.05, 4.69) is 30.5 Å². The van der Waals surface area contributed by atoms with Crippen molar-refractivity contribution in [2.24, 2.45) is 11.7 Å². The van der Waals surface area contributed by atoms with Crippen LogP contribution in [0, 0.1) is 5.92 Å². The van der Waals surface area contributed by atoms with Crippen LogP contribution in [0.25, 0.3) is 0 Å². The Bertz CT molecular complexity index is 222. The van der Waals surface area contributed by atoms with Gasteiger partial charge in [0.1, 0.15) is 0 Å². The van der Waals surface area contributed by atoms with Gasteiger partial charge in [-0.05, 0) is 37.5 Å². The summed E-state index contributed by atoms with van der Waals surface area (Å²) in [6.07, 6.45) is 4.01. The Morgan fingerprint density at radius 2 is 2.27 bits per heavy atom. The summed E-state index contributed by atoms with van der Waals surface area (Å²) < 4.78 is 0. The zero-order valence-corrected chi connectivity index (χ0v) is 10.9. The third-order valence-corrected chi connectivity index (χ3v) is 5.75. The monoisotopic (exact) mass is 228 g/mol. The molecule has 0 aromatic heterocycles. The third-order valence-electron chi connectivity index (χ3n) is 4.29. The van der Waals surface area contributed by atoms with Crippen molar-refractivity contribution in [3.05, 3.63) is 0 Å². The normalized spacial score (nSPS) is 43.4. The summed E-state index contributed by atoms with van der Waals surface area (Å²) in [6, 6.07) is 0. The fraction of sp³-hybridized carbons (Fsp3) is 1.00. The number of thioether (sulfide) groups is 1. The second kappa shape index (κ2) is 4.64. The first-order chi connectivity index (χ1) is 7.19. The van der Waals surface area contributed by atoms with Crippen molar-refractivity contribution < 1.29 is 0 Å². The number of nitrogens with two attached hydrogens (primary N) is 1. The summed E-state index contributed by atoms with van der Waals surface area (Å²) in [5, 5.41) is 0.710. The highest BCUT2D eigenvalue weighted by Gasteiger charge is 2.44. The van der Waals surface area contributed by atoms with Crippen LogP contribution in [-0.4, -0.2) is 41.1 Å². The lowest BCUT2D eigenvalue weighted by Crippen LogP contribution is -2.60. The predicted octanol–water partition coefficient (Wildman–Crippen LogP) is 1.94. The molecule has 0 radical (unpaired) electrons. The highest BCUT2D eigenvalue weighted by atomic mass is 32.2. The minimum atomic E-state index is 0.313. The van der Waals surface area contributed by atoms with Crippen molar-refractivity contribution in [3.63, 3.8) is 0 Å². The van der Waals surface area contributed by atoms with Crippen molar-refractivity contribution >= 4 is 11.8 Å². The molecular weight excluding hydrogens is 204 g/mol. The van der Waals surface area contributed by atoms with E-state index >= 15 is 0 Å². The fourth-order valence-corrected chi connectivity index (χ4v) is 4.49. The summed E-state index contributed by atoms with van der Waals surface area (Å²) in [5.41, 5.74) is 6.41. The van der Waals surface area contributed by atoms with Crippen LogP contribution in [0.1, 0.15) is 33.1 Å². The summed E-state index contributed by atoms with van der Waals surface area (Å²) >= 11 is 2.12. The zero-order chi connectivity index (χ0) is 10.9. The molecule has 88 valence electrons. The van der Waals surface area contributed by atoms with Gasteiger partial charge < -0.3 is 5.73 Å². The van der Waals surface area contributed by atoms with Crippen molar-refractivity contribution in [1.29, 1.82) is 0 Å². The Kier molecular flexibility index (Phi) is 3.63. The molecule has 3 unspecified atom stereocenters. The average Bonchev–Trinajstić information content (AvgIpc) is 2.66. The Labute approximate surface area is 98.0 Å². The van der Waals surface area contributed by atoms with Crippen molar-refractivity contribution in [2.75, 3.05) is 25.4 Å². The number of hydrogen-bond donors (Lipinski definition) is 1. The maximum absolute atomic E-state index is 6.10. The molecule has 2 aliphatic heterocycles. The highest BCUT2D eigenvalue weighted by Crippen LogP contribution is 2.40. The summed E-state index contributed by atoms with van der Waals surface area (Å²) in [7, 11) is 0. The van der Waals surface area contributed by atoms with Gasteiger partial charge in [-0.3, -0.25) is 4.90 Å². The zero-order valence-electron chi connectivity index (χ0n) is 10.0. The van der Waals surface area contributed by atoms with Crippen LogP contribution >= 0.6 is 11.8 Å². The third kappa shape index (κ3) is 2.06. The molecule has 0 amide bonds. The van der Waals surface area contributed by atoms with Crippen LogP contribution in [0.4, 0.5) is 0 Å². The Balaban J connectivity index is 2.12.